The molecule has 0 aromatic rings. The molecule has 4 nitrogen and oxygen atoms in total. The lowest BCUT2D eigenvalue weighted by atomic mass is 9.96. The van der Waals surface area contributed by atoms with Crippen LogP contribution in [-0.2, 0) is 4.74 Å². The SMILES string of the molecule is CC[C@H](O)C1CCCCN1C(=O)OC(C)(C)C. The van der Waals surface area contributed by atoms with E-state index in [4.69, 9.17) is 4.74 Å². The number of hydrogen-bond acceptors (Lipinski definition) is 3. The van der Waals surface area contributed by atoms with Crippen molar-refractivity contribution in [3.63, 3.8) is 0 Å². The number of amides is 1. The van der Waals surface area contributed by atoms with Gasteiger partial charge >= 0.3 is 6.09 Å². The van der Waals surface area contributed by atoms with Gasteiger partial charge in [0.05, 0.1) is 12.1 Å². The third-order valence-corrected chi connectivity index (χ3v) is 3.04. The number of carbonyl (C=O) groups excluding carboxylic acids is 1. The highest BCUT2D eigenvalue weighted by Gasteiger charge is 2.33. The molecule has 4 heteroatoms. The predicted molar refractivity (Wildman–Crippen MR) is 66.9 cm³/mol. The van der Waals surface area contributed by atoms with Crippen molar-refractivity contribution in [3.05, 3.63) is 0 Å². The first-order valence-electron chi connectivity index (χ1n) is 6.53. The van der Waals surface area contributed by atoms with Crippen LogP contribution in [0.2, 0.25) is 0 Å². The number of likely N-dealkylation sites (tertiary alicyclic amines) is 1. The number of ether oxygens (including phenoxy) is 1. The van der Waals surface area contributed by atoms with E-state index in [1.807, 2.05) is 27.7 Å². The Morgan fingerprint density at radius 1 is 1.47 bits per heavy atom. The first-order valence-corrected chi connectivity index (χ1v) is 6.53. The summed E-state index contributed by atoms with van der Waals surface area (Å²) in [6.07, 6.45) is 2.86. The minimum Gasteiger partial charge on any atom is -0.444 e. The minimum absolute atomic E-state index is 0.0800. The normalized spacial score (nSPS) is 23.4. The van der Waals surface area contributed by atoms with Crippen molar-refractivity contribution in [3.8, 4) is 0 Å². The van der Waals surface area contributed by atoms with Gasteiger partial charge in [-0.2, -0.15) is 0 Å². The molecule has 100 valence electrons. The molecule has 0 radical (unpaired) electrons. The molecule has 1 rings (SSSR count). The third-order valence-electron chi connectivity index (χ3n) is 3.04. The van der Waals surface area contributed by atoms with Crippen LogP contribution in [-0.4, -0.2) is 40.4 Å². The Hall–Kier alpha value is -0.770. The van der Waals surface area contributed by atoms with E-state index >= 15 is 0 Å². The Bertz CT molecular complexity index is 260. The summed E-state index contributed by atoms with van der Waals surface area (Å²) in [5, 5.41) is 9.95. The average Bonchev–Trinajstić information content (AvgIpc) is 2.25. The molecule has 1 N–H and O–H groups in total. The Morgan fingerprint density at radius 2 is 2.12 bits per heavy atom. The number of aliphatic hydroxyl groups excluding tert-OH is 1. The topological polar surface area (TPSA) is 49.8 Å². The lowest BCUT2D eigenvalue weighted by Crippen LogP contribution is -2.51. The maximum absolute atomic E-state index is 12.0. The van der Waals surface area contributed by atoms with Crippen molar-refractivity contribution in [2.24, 2.45) is 0 Å². The van der Waals surface area contributed by atoms with E-state index in [9.17, 15) is 9.90 Å². The third kappa shape index (κ3) is 4.19. The molecule has 0 aromatic heterocycles. The Balaban J connectivity index is 2.67. The van der Waals surface area contributed by atoms with Crippen LogP contribution in [0.25, 0.3) is 0 Å². The van der Waals surface area contributed by atoms with Crippen molar-refractivity contribution < 1.29 is 14.6 Å². The van der Waals surface area contributed by atoms with Crippen molar-refractivity contribution in [1.29, 1.82) is 0 Å². The highest BCUT2D eigenvalue weighted by atomic mass is 16.6. The molecule has 1 heterocycles. The zero-order chi connectivity index (χ0) is 13.1. The predicted octanol–water partition coefficient (Wildman–Crippen LogP) is 2.55. The number of rotatable bonds is 2. The second-order valence-corrected chi connectivity index (χ2v) is 5.71. The smallest absolute Gasteiger partial charge is 0.410 e. The van der Waals surface area contributed by atoms with E-state index < -0.39 is 11.7 Å². The number of nitrogens with zero attached hydrogens (tertiary/aromatic N) is 1. The number of carbonyl (C=O) groups is 1. The molecule has 0 aromatic carbocycles. The molecule has 0 bridgehead atoms. The summed E-state index contributed by atoms with van der Waals surface area (Å²) >= 11 is 0. The summed E-state index contributed by atoms with van der Waals surface area (Å²) in [6.45, 7) is 8.21. The van der Waals surface area contributed by atoms with Gasteiger partial charge in [-0.3, -0.25) is 0 Å². The van der Waals surface area contributed by atoms with E-state index in [1.165, 1.54) is 0 Å². The second kappa shape index (κ2) is 5.71. The van der Waals surface area contributed by atoms with Crippen molar-refractivity contribution in [1.82, 2.24) is 4.90 Å². The van der Waals surface area contributed by atoms with E-state index in [2.05, 4.69) is 0 Å². The standard InChI is InChI=1S/C13H25NO3/c1-5-11(15)10-8-6-7-9-14(10)12(16)17-13(2,3)4/h10-11,15H,5-9H2,1-4H3/t10?,11-/m0/s1. The molecule has 1 unspecified atom stereocenters. The fourth-order valence-corrected chi connectivity index (χ4v) is 2.18. The maximum atomic E-state index is 12.0. The van der Waals surface area contributed by atoms with Gasteiger partial charge in [-0.25, -0.2) is 4.79 Å². The van der Waals surface area contributed by atoms with E-state index in [1.54, 1.807) is 4.90 Å². The van der Waals surface area contributed by atoms with Crippen LogP contribution in [0.15, 0.2) is 0 Å². The number of piperidine rings is 1. The van der Waals surface area contributed by atoms with Crippen LogP contribution in [0.4, 0.5) is 4.79 Å². The molecule has 1 saturated heterocycles. The first kappa shape index (κ1) is 14.3. The van der Waals surface area contributed by atoms with E-state index in [-0.39, 0.29) is 12.1 Å². The molecule has 0 spiro atoms. The fraction of sp³-hybridized carbons (Fsp3) is 0.923. The van der Waals surface area contributed by atoms with Crippen LogP contribution >= 0.6 is 0 Å². The summed E-state index contributed by atoms with van der Waals surface area (Å²) in [4.78, 5) is 13.7. The summed E-state index contributed by atoms with van der Waals surface area (Å²) in [7, 11) is 0. The van der Waals surface area contributed by atoms with Gasteiger partial charge in [-0.05, 0) is 46.5 Å². The molecule has 1 fully saturated rings. The monoisotopic (exact) mass is 243 g/mol. The van der Waals surface area contributed by atoms with Gasteiger partial charge in [0.2, 0.25) is 0 Å². The van der Waals surface area contributed by atoms with Gasteiger partial charge in [0.25, 0.3) is 0 Å². The van der Waals surface area contributed by atoms with Crippen LogP contribution in [0.5, 0.6) is 0 Å². The van der Waals surface area contributed by atoms with Gasteiger partial charge in [0.1, 0.15) is 5.60 Å². The highest BCUT2D eigenvalue weighted by Crippen LogP contribution is 2.23. The molecule has 17 heavy (non-hydrogen) atoms. The first-order chi connectivity index (χ1) is 7.85. The largest absolute Gasteiger partial charge is 0.444 e. The molecule has 1 aliphatic heterocycles. The van der Waals surface area contributed by atoms with Crippen molar-refractivity contribution >= 4 is 6.09 Å². The molecule has 2 atom stereocenters. The number of hydrogen-bond donors (Lipinski definition) is 1. The molecule has 0 saturated carbocycles. The van der Waals surface area contributed by atoms with Gasteiger partial charge in [0, 0.05) is 6.54 Å². The van der Waals surface area contributed by atoms with Gasteiger partial charge in [-0.15, -0.1) is 0 Å². The quantitative estimate of drug-likeness (QED) is 0.811. The summed E-state index contributed by atoms with van der Waals surface area (Å²) < 4.78 is 5.38. The molecule has 0 aliphatic carbocycles. The second-order valence-electron chi connectivity index (χ2n) is 5.71. The minimum atomic E-state index is -0.476. The molecule has 1 aliphatic rings. The lowest BCUT2D eigenvalue weighted by Gasteiger charge is -2.38. The molecular weight excluding hydrogens is 218 g/mol. The van der Waals surface area contributed by atoms with Gasteiger partial charge in [0.15, 0.2) is 0 Å². The maximum Gasteiger partial charge on any atom is 0.410 e. The van der Waals surface area contributed by atoms with E-state index in [0.717, 1.165) is 19.3 Å². The summed E-state index contributed by atoms with van der Waals surface area (Å²) in [5.41, 5.74) is -0.476. The van der Waals surface area contributed by atoms with Crippen molar-refractivity contribution in [2.75, 3.05) is 6.54 Å². The fourth-order valence-electron chi connectivity index (χ4n) is 2.18. The Morgan fingerprint density at radius 3 is 2.65 bits per heavy atom. The van der Waals surface area contributed by atoms with E-state index in [0.29, 0.717) is 13.0 Å². The summed E-state index contributed by atoms with van der Waals surface area (Å²) in [5.74, 6) is 0. The lowest BCUT2D eigenvalue weighted by molar-refractivity contribution is -0.0169. The zero-order valence-electron chi connectivity index (χ0n) is 11.4. The van der Waals surface area contributed by atoms with Crippen LogP contribution in [0.3, 0.4) is 0 Å². The molecule has 1 amide bonds. The van der Waals surface area contributed by atoms with Crippen LogP contribution in [0, 0.1) is 0 Å². The Kier molecular flexibility index (Phi) is 4.80. The number of aliphatic hydroxyl groups is 1. The van der Waals surface area contributed by atoms with Crippen LogP contribution < -0.4 is 0 Å². The average molecular weight is 243 g/mol. The highest BCUT2D eigenvalue weighted by molar-refractivity contribution is 5.68. The molecular formula is C13H25NO3. The zero-order valence-corrected chi connectivity index (χ0v) is 11.4. The van der Waals surface area contributed by atoms with Crippen molar-refractivity contribution in [2.45, 2.75) is 71.1 Å². The Labute approximate surface area is 104 Å². The van der Waals surface area contributed by atoms with Gasteiger partial charge in [-0.1, -0.05) is 6.92 Å². The van der Waals surface area contributed by atoms with Crippen LogP contribution in [0.1, 0.15) is 53.4 Å². The summed E-state index contributed by atoms with van der Waals surface area (Å²) in [6, 6.07) is -0.0800. The van der Waals surface area contributed by atoms with Gasteiger partial charge < -0.3 is 14.7 Å².